The minimum atomic E-state index is 0.435. The van der Waals surface area contributed by atoms with Gasteiger partial charge in [-0.3, -0.25) is 0 Å². The van der Waals surface area contributed by atoms with Crippen LogP contribution in [0.15, 0.2) is 6.20 Å². The van der Waals surface area contributed by atoms with Gasteiger partial charge in [-0.25, -0.2) is 9.97 Å². The maximum atomic E-state index is 4.55. The van der Waals surface area contributed by atoms with E-state index in [-0.39, 0.29) is 0 Å². The Kier molecular flexibility index (Phi) is 6.05. The van der Waals surface area contributed by atoms with Gasteiger partial charge < -0.3 is 10.2 Å². The molecule has 0 spiro atoms. The van der Waals surface area contributed by atoms with Gasteiger partial charge in [-0.1, -0.05) is 20.3 Å². The van der Waals surface area contributed by atoms with Gasteiger partial charge in [0.25, 0.3) is 0 Å². The van der Waals surface area contributed by atoms with E-state index in [0.29, 0.717) is 6.04 Å². The van der Waals surface area contributed by atoms with Crippen molar-refractivity contribution in [1.82, 2.24) is 14.9 Å². The molecule has 0 fully saturated rings. The summed E-state index contributed by atoms with van der Waals surface area (Å²) in [6, 6.07) is 0.435. The monoisotopic (exact) mass is 250 g/mol. The van der Waals surface area contributed by atoms with E-state index >= 15 is 0 Å². The molecule has 0 amide bonds. The number of aryl methyl sites for hydroxylation is 2. The molecule has 1 aromatic heterocycles. The highest BCUT2D eigenvalue weighted by atomic mass is 15.1. The largest absolute Gasteiger partial charge is 0.366 e. The fourth-order valence-corrected chi connectivity index (χ4v) is 1.98. The Labute approximate surface area is 111 Å². The number of likely N-dealkylation sites (N-methyl/N-ethyl adjacent to an activating group) is 1. The summed E-state index contributed by atoms with van der Waals surface area (Å²) in [5, 5.41) is 3.56. The highest BCUT2D eigenvalue weighted by Crippen LogP contribution is 2.15. The lowest BCUT2D eigenvalue weighted by Gasteiger charge is -2.22. The predicted octanol–water partition coefficient (Wildman–Crippen LogP) is 2.49. The van der Waals surface area contributed by atoms with Crippen molar-refractivity contribution in [2.24, 2.45) is 0 Å². The third kappa shape index (κ3) is 4.61. The molecular formula is C14H26N4. The number of hydrogen-bond donors (Lipinski definition) is 1. The highest BCUT2D eigenvalue weighted by molar-refractivity contribution is 5.44. The van der Waals surface area contributed by atoms with E-state index in [0.717, 1.165) is 37.4 Å². The topological polar surface area (TPSA) is 41.1 Å². The average molecular weight is 250 g/mol. The second-order valence-electron chi connectivity index (χ2n) is 5.05. The normalized spacial score (nSPS) is 12.8. The SMILES string of the molecule is CCCc1cnc(C)nc1NC(CC)CN(C)C. The molecule has 0 bridgehead atoms. The number of rotatable bonds is 7. The summed E-state index contributed by atoms with van der Waals surface area (Å²) in [7, 11) is 4.20. The molecule has 102 valence electrons. The van der Waals surface area contributed by atoms with Gasteiger partial charge in [-0.15, -0.1) is 0 Å². The maximum Gasteiger partial charge on any atom is 0.133 e. The average Bonchev–Trinajstić information content (AvgIpc) is 2.31. The Balaban J connectivity index is 2.82. The van der Waals surface area contributed by atoms with Gasteiger partial charge >= 0.3 is 0 Å². The lowest BCUT2D eigenvalue weighted by Crippen LogP contribution is -2.32. The van der Waals surface area contributed by atoms with E-state index in [1.807, 2.05) is 13.1 Å². The molecule has 0 aliphatic heterocycles. The minimum Gasteiger partial charge on any atom is -0.366 e. The van der Waals surface area contributed by atoms with Crippen molar-refractivity contribution in [2.75, 3.05) is 26.0 Å². The number of aromatic nitrogens is 2. The number of anilines is 1. The molecule has 0 saturated heterocycles. The molecule has 1 heterocycles. The lowest BCUT2D eigenvalue weighted by molar-refractivity contribution is 0.378. The molecule has 1 unspecified atom stereocenters. The Bertz CT molecular complexity index is 363. The molecular weight excluding hydrogens is 224 g/mol. The number of nitrogens with one attached hydrogen (secondary N) is 1. The molecule has 4 nitrogen and oxygen atoms in total. The standard InChI is InChI=1S/C14H26N4/c1-6-8-12-9-15-11(3)16-14(12)17-13(7-2)10-18(4)5/h9,13H,6-8,10H2,1-5H3,(H,15,16,17). The molecule has 18 heavy (non-hydrogen) atoms. The molecule has 1 aromatic rings. The van der Waals surface area contributed by atoms with E-state index in [2.05, 4.69) is 48.1 Å². The van der Waals surface area contributed by atoms with Gasteiger partial charge in [0.15, 0.2) is 0 Å². The summed E-state index contributed by atoms with van der Waals surface area (Å²) in [6.07, 6.45) is 5.19. The summed E-state index contributed by atoms with van der Waals surface area (Å²) >= 11 is 0. The summed E-state index contributed by atoms with van der Waals surface area (Å²) in [6.45, 7) is 7.34. The van der Waals surface area contributed by atoms with E-state index < -0.39 is 0 Å². The van der Waals surface area contributed by atoms with E-state index in [4.69, 9.17) is 0 Å². The van der Waals surface area contributed by atoms with Crippen LogP contribution in [0, 0.1) is 6.92 Å². The van der Waals surface area contributed by atoms with Gasteiger partial charge in [0.1, 0.15) is 11.6 Å². The Hall–Kier alpha value is -1.16. The van der Waals surface area contributed by atoms with Crippen molar-refractivity contribution in [3.63, 3.8) is 0 Å². The van der Waals surface area contributed by atoms with Gasteiger partial charge in [0, 0.05) is 24.3 Å². The second-order valence-corrected chi connectivity index (χ2v) is 5.05. The summed E-state index contributed by atoms with van der Waals surface area (Å²) < 4.78 is 0. The summed E-state index contributed by atoms with van der Waals surface area (Å²) in [5.41, 5.74) is 1.22. The first kappa shape index (κ1) is 14.9. The van der Waals surface area contributed by atoms with Crippen LogP contribution in [0.5, 0.6) is 0 Å². The van der Waals surface area contributed by atoms with E-state index in [1.165, 1.54) is 5.56 Å². The molecule has 4 heteroatoms. The van der Waals surface area contributed by atoms with Crippen LogP contribution in [-0.4, -0.2) is 41.5 Å². The van der Waals surface area contributed by atoms with Crippen molar-refractivity contribution >= 4 is 5.82 Å². The smallest absolute Gasteiger partial charge is 0.133 e. The van der Waals surface area contributed by atoms with Gasteiger partial charge in [0.05, 0.1) is 0 Å². The first-order chi connectivity index (χ1) is 8.56. The van der Waals surface area contributed by atoms with Crippen LogP contribution in [-0.2, 0) is 6.42 Å². The second kappa shape index (κ2) is 7.31. The predicted molar refractivity (Wildman–Crippen MR) is 77.0 cm³/mol. The molecule has 0 saturated carbocycles. The third-order valence-corrected chi connectivity index (χ3v) is 2.92. The quantitative estimate of drug-likeness (QED) is 0.807. The van der Waals surface area contributed by atoms with Crippen molar-refractivity contribution in [3.05, 3.63) is 17.6 Å². The van der Waals surface area contributed by atoms with Crippen molar-refractivity contribution in [1.29, 1.82) is 0 Å². The number of nitrogens with zero attached hydrogens (tertiary/aromatic N) is 3. The first-order valence-electron chi connectivity index (χ1n) is 6.80. The minimum absolute atomic E-state index is 0.435. The first-order valence-corrected chi connectivity index (χ1v) is 6.80. The van der Waals surface area contributed by atoms with Crippen molar-refractivity contribution < 1.29 is 0 Å². The van der Waals surface area contributed by atoms with Gasteiger partial charge in [-0.2, -0.15) is 0 Å². The van der Waals surface area contributed by atoms with Crippen LogP contribution in [0.3, 0.4) is 0 Å². The molecule has 1 N–H and O–H groups in total. The zero-order valence-corrected chi connectivity index (χ0v) is 12.3. The number of hydrogen-bond acceptors (Lipinski definition) is 4. The van der Waals surface area contributed by atoms with Crippen LogP contribution in [0.4, 0.5) is 5.82 Å². The van der Waals surface area contributed by atoms with Crippen molar-refractivity contribution in [3.8, 4) is 0 Å². The lowest BCUT2D eigenvalue weighted by atomic mass is 10.1. The van der Waals surface area contributed by atoms with Crippen LogP contribution in [0.25, 0.3) is 0 Å². The van der Waals surface area contributed by atoms with Crippen LogP contribution >= 0.6 is 0 Å². The van der Waals surface area contributed by atoms with Gasteiger partial charge in [0.2, 0.25) is 0 Å². The summed E-state index contributed by atoms with van der Waals surface area (Å²) in [5.74, 6) is 1.84. The van der Waals surface area contributed by atoms with E-state index in [1.54, 1.807) is 0 Å². The molecule has 1 atom stereocenters. The van der Waals surface area contributed by atoms with Crippen LogP contribution < -0.4 is 5.32 Å². The van der Waals surface area contributed by atoms with Crippen LogP contribution in [0.2, 0.25) is 0 Å². The molecule has 0 radical (unpaired) electrons. The maximum absolute atomic E-state index is 4.55. The molecule has 1 rings (SSSR count). The fraction of sp³-hybridized carbons (Fsp3) is 0.714. The fourth-order valence-electron chi connectivity index (χ4n) is 1.98. The Morgan fingerprint density at radius 2 is 2.06 bits per heavy atom. The van der Waals surface area contributed by atoms with Crippen LogP contribution in [0.1, 0.15) is 38.1 Å². The molecule has 0 aromatic carbocycles. The molecule has 0 aliphatic rings. The van der Waals surface area contributed by atoms with E-state index in [9.17, 15) is 0 Å². The summed E-state index contributed by atoms with van der Waals surface area (Å²) in [4.78, 5) is 11.0. The Morgan fingerprint density at radius 3 is 2.61 bits per heavy atom. The Morgan fingerprint density at radius 1 is 1.33 bits per heavy atom. The zero-order chi connectivity index (χ0) is 13.5. The van der Waals surface area contributed by atoms with Gasteiger partial charge in [-0.05, 0) is 33.9 Å². The zero-order valence-electron chi connectivity index (χ0n) is 12.3. The highest BCUT2D eigenvalue weighted by Gasteiger charge is 2.11. The van der Waals surface area contributed by atoms with Crippen molar-refractivity contribution in [2.45, 2.75) is 46.1 Å². The third-order valence-electron chi connectivity index (χ3n) is 2.92. The molecule has 0 aliphatic carbocycles.